The summed E-state index contributed by atoms with van der Waals surface area (Å²) in [6.07, 6.45) is 6.75. The summed E-state index contributed by atoms with van der Waals surface area (Å²) in [5.74, 6) is -1.00. The lowest BCUT2D eigenvalue weighted by molar-refractivity contribution is -0.138. The molecule has 7 nitrogen and oxygen atoms in total. The van der Waals surface area contributed by atoms with E-state index in [0.29, 0.717) is 26.2 Å². The van der Waals surface area contributed by atoms with E-state index in [1.807, 2.05) is 4.90 Å². The number of aromatic carboxylic acids is 1. The fourth-order valence-corrected chi connectivity index (χ4v) is 3.58. The highest BCUT2D eigenvalue weighted by Crippen LogP contribution is 2.26. The maximum Gasteiger partial charge on any atom is 0.335 e. The van der Waals surface area contributed by atoms with Gasteiger partial charge in [-0.15, -0.1) is 0 Å². The van der Waals surface area contributed by atoms with Crippen molar-refractivity contribution in [2.24, 2.45) is 5.92 Å². The second-order valence-electron chi connectivity index (χ2n) is 6.69. The average Bonchev–Trinajstić information content (AvgIpc) is 2.67. The lowest BCUT2D eigenvalue weighted by atomic mass is 9.88. The summed E-state index contributed by atoms with van der Waals surface area (Å²) < 4.78 is 0. The van der Waals surface area contributed by atoms with E-state index in [9.17, 15) is 14.4 Å². The highest BCUT2D eigenvalue weighted by Gasteiger charge is 2.30. The number of amides is 2. The molecule has 1 aromatic rings. The Morgan fingerprint density at radius 3 is 2.28 bits per heavy atom. The quantitative estimate of drug-likeness (QED) is 0.899. The number of piperazine rings is 1. The number of carboxylic acid groups (broad SMARTS) is 1. The Balaban J connectivity index is 1.58. The first-order valence-corrected chi connectivity index (χ1v) is 8.83. The number of carboxylic acids is 1. The minimum Gasteiger partial charge on any atom is -0.478 e. The summed E-state index contributed by atoms with van der Waals surface area (Å²) in [6.45, 7) is 1.96. The largest absolute Gasteiger partial charge is 0.478 e. The standard InChI is InChI=1S/C18H23N3O4/c22-16(13-4-2-1-3-5-13)20-8-10-21(11-9-20)17(23)15-12-14(18(24)25)6-7-19-15/h6-7,12-13H,1-5,8-11H2,(H,24,25). The van der Waals surface area contributed by atoms with Crippen LogP contribution in [0.4, 0.5) is 0 Å². The smallest absolute Gasteiger partial charge is 0.335 e. The van der Waals surface area contributed by atoms with Gasteiger partial charge in [0.1, 0.15) is 5.69 Å². The van der Waals surface area contributed by atoms with Crippen LogP contribution in [0, 0.1) is 5.92 Å². The van der Waals surface area contributed by atoms with Gasteiger partial charge in [0.05, 0.1) is 5.56 Å². The molecule has 0 spiro atoms. The van der Waals surface area contributed by atoms with Gasteiger partial charge in [-0.05, 0) is 25.0 Å². The van der Waals surface area contributed by atoms with Gasteiger partial charge in [-0.3, -0.25) is 14.6 Å². The molecule has 1 aliphatic heterocycles. The van der Waals surface area contributed by atoms with Gasteiger partial charge in [0, 0.05) is 38.3 Å². The Bertz CT molecular complexity index is 662. The maximum atomic E-state index is 12.6. The number of hydrogen-bond acceptors (Lipinski definition) is 4. The molecule has 7 heteroatoms. The Morgan fingerprint density at radius 1 is 1.00 bits per heavy atom. The summed E-state index contributed by atoms with van der Waals surface area (Å²) in [5.41, 5.74) is 0.177. The van der Waals surface area contributed by atoms with Gasteiger partial charge in [-0.1, -0.05) is 19.3 Å². The van der Waals surface area contributed by atoms with Crippen LogP contribution in [0.2, 0.25) is 0 Å². The van der Waals surface area contributed by atoms with Crippen LogP contribution in [0.1, 0.15) is 53.0 Å². The molecule has 0 aromatic carbocycles. The van der Waals surface area contributed by atoms with Gasteiger partial charge in [-0.2, -0.15) is 0 Å². The minimum absolute atomic E-state index is 0.0458. The number of nitrogens with zero attached hydrogens (tertiary/aromatic N) is 3. The first kappa shape index (κ1) is 17.4. The van der Waals surface area contributed by atoms with Crippen molar-refractivity contribution < 1.29 is 19.5 Å². The van der Waals surface area contributed by atoms with E-state index in [1.54, 1.807) is 4.90 Å². The molecule has 1 aliphatic carbocycles. The van der Waals surface area contributed by atoms with Gasteiger partial charge in [0.2, 0.25) is 5.91 Å². The van der Waals surface area contributed by atoms with E-state index in [-0.39, 0.29) is 29.0 Å². The average molecular weight is 345 g/mol. The first-order valence-electron chi connectivity index (χ1n) is 8.83. The van der Waals surface area contributed by atoms with Crippen molar-refractivity contribution in [3.05, 3.63) is 29.6 Å². The lowest BCUT2D eigenvalue weighted by Crippen LogP contribution is -2.52. The molecular weight excluding hydrogens is 322 g/mol. The number of hydrogen-bond donors (Lipinski definition) is 1. The summed E-state index contributed by atoms with van der Waals surface area (Å²) in [5, 5.41) is 9.02. The highest BCUT2D eigenvalue weighted by atomic mass is 16.4. The third kappa shape index (κ3) is 3.97. The summed E-state index contributed by atoms with van der Waals surface area (Å²) >= 11 is 0. The van der Waals surface area contributed by atoms with Gasteiger partial charge >= 0.3 is 5.97 Å². The monoisotopic (exact) mass is 345 g/mol. The third-order valence-electron chi connectivity index (χ3n) is 5.06. The Hall–Kier alpha value is -2.44. The molecule has 0 bridgehead atoms. The number of carbonyl (C=O) groups is 3. The zero-order valence-corrected chi connectivity index (χ0v) is 14.2. The Kier molecular flexibility index (Phi) is 5.31. The van der Waals surface area contributed by atoms with E-state index < -0.39 is 5.97 Å². The van der Waals surface area contributed by atoms with Gasteiger partial charge in [0.25, 0.3) is 5.91 Å². The second-order valence-corrected chi connectivity index (χ2v) is 6.69. The fraction of sp³-hybridized carbons (Fsp3) is 0.556. The van der Waals surface area contributed by atoms with Crippen LogP contribution >= 0.6 is 0 Å². The molecule has 2 fully saturated rings. The zero-order chi connectivity index (χ0) is 17.8. The van der Waals surface area contributed by atoms with E-state index >= 15 is 0 Å². The van der Waals surface area contributed by atoms with Crippen LogP contribution in [0.5, 0.6) is 0 Å². The van der Waals surface area contributed by atoms with Crippen LogP contribution < -0.4 is 0 Å². The molecule has 134 valence electrons. The zero-order valence-electron chi connectivity index (χ0n) is 14.2. The molecule has 0 radical (unpaired) electrons. The van der Waals surface area contributed by atoms with Gasteiger partial charge in [-0.25, -0.2) is 4.79 Å². The molecule has 3 rings (SSSR count). The van der Waals surface area contributed by atoms with E-state index in [2.05, 4.69) is 4.98 Å². The SMILES string of the molecule is O=C(O)c1ccnc(C(=O)N2CCN(C(=O)C3CCCCC3)CC2)c1. The number of carbonyl (C=O) groups excluding carboxylic acids is 2. The van der Waals surface area contributed by atoms with Crippen molar-refractivity contribution in [2.45, 2.75) is 32.1 Å². The normalized spacial score (nSPS) is 18.9. The number of rotatable bonds is 3. The molecule has 0 unspecified atom stereocenters. The minimum atomic E-state index is -1.08. The molecule has 1 saturated heterocycles. The molecule has 25 heavy (non-hydrogen) atoms. The molecule has 1 aromatic heterocycles. The van der Waals surface area contributed by atoms with Crippen LogP contribution in [-0.2, 0) is 4.79 Å². The molecule has 1 N–H and O–H groups in total. The van der Waals surface area contributed by atoms with Crippen molar-refractivity contribution in [1.82, 2.24) is 14.8 Å². The summed E-state index contributed by atoms with van der Waals surface area (Å²) in [6, 6.07) is 2.66. The molecular formula is C18H23N3O4. The third-order valence-corrected chi connectivity index (χ3v) is 5.06. The molecule has 1 saturated carbocycles. The van der Waals surface area contributed by atoms with E-state index in [4.69, 9.17) is 5.11 Å². The van der Waals surface area contributed by atoms with Crippen molar-refractivity contribution in [3.8, 4) is 0 Å². The van der Waals surface area contributed by atoms with Crippen molar-refractivity contribution in [3.63, 3.8) is 0 Å². The summed E-state index contributed by atoms with van der Waals surface area (Å²) in [7, 11) is 0. The molecule has 2 amide bonds. The van der Waals surface area contributed by atoms with Crippen LogP contribution in [0.15, 0.2) is 18.3 Å². The molecule has 0 atom stereocenters. The van der Waals surface area contributed by atoms with Crippen molar-refractivity contribution in [2.75, 3.05) is 26.2 Å². The Morgan fingerprint density at radius 2 is 1.64 bits per heavy atom. The van der Waals surface area contributed by atoms with Crippen molar-refractivity contribution >= 4 is 17.8 Å². The van der Waals surface area contributed by atoms with Gasteiger partial charge in [0.15, 0.2) is 0 Å². The molecule has 2 aliphatic rings. The predicted octanol–water partition coefficient (Wildman–Crippen LogP) is 1.64. The lowest BCUT2D eigenvalue weighted by Gasteiger charge is -2.37. The number of pyridine rings is 1. The Labute approximate surface area is 146 Å². The second kappa shape index (κ2) is 7.63. The van der Waals surface area contributed by atoms with E-state index in [0.717, 1.165) is 25.7 Å². The van der Waals surface area contributed by atoms with Gasteiger partial charge < -0.3 is 14.9 Å². The predicted molar refractivity (Wildman–Crippen MR) is 90.3 cm³/mol. The number of aromatic nitrogens is 1. The van der Waals surface area contributed by atoms with E-state index in [1.165, 1.54) is 24.8 Å². The topological polar surface area (TPSA) is 90.8 Å². The highest BCUT2D eigenvalue weighted by molar-refractivity contribution is 5.96. The van der Waals surface area contributed by atoms with Crippen LogP contribution in [-0.4, -0.2) is 63.9 Å². The van der Waals surface area contributed by atoms with Crippen LogP contribution in [0.25, 0.3) is 0 Å². The molecule has 2 heterocycles. The fourth-order valence-electron chi connectivity index (χ4n) is 3.58. The first-order chi connectivity index (χ1) is 12.1. The van der Waals surface area contributed by atoms with Crippen LogP contribution in [0.3, 0.4) is 0 Å². The summed E-state index contributed by atoms with van der Waals surface area (Å²) in [4.78, 5) is 43.6. The maximum absolute atomic E-state index is 12.6. The van der Waals surface area contributed by atoms with Crippen molar-refractivity contribution in [1.29, 1.82) is 0 Å².